The highest BCUT2D eigenvalue weighted by molar-refractivity contribution is 5.92. The van der Waals surface area contributed by atoms with Crippen LogP contribution in [-0.4, -0.2) is 24.0 Å². The van der Waals surface area contributed by atoms with Crippen LogP contribution < -0.4 is 11.1 Å². The number of piperidine rings is 1. The molecule has 1 fully saturated rings. The number of nitrogens with one attached hydrogen (secondary N) is 1. The van der Waals surface area contributed by atoms with Crippen molar-refractivity contribution >= 4 is 5.91 Å². The summed E-state index contributed by atoms with van der Waals surface area (Å²) in [6, 6.07) is 3.65. The van der Waals surface area contributed by atoms with Crippen LogP contribution in [0, 0.1) is 0 Å². The molecule has 0 spiro atoms. The van der Waals surface area contributed by atoms with Crippen LogP contribution in [0.25, 0.3) is 0 Å². The van der Waals surface area contributed by atoms with Crippen LogP contribution in [0.5, 0.6) is 0 Å². The number of aromatic nitrogens is 1. The zero-order valence-corrected chi connectivity index (χ0v) is 8.57. The third-order valence-electron chi connectivity index (χ3n) is 2.79. The highest BCUT2D eigenvalue weighted by Crippen LogP contribution is 2.21. The van der Waals surface area contributed by atoms with Gasteiger partial charge in [0, 0.05) is 24.4 Å². The van der Waals surface area contributed by atoms with E-state index >= 15 is 0 Å². The standard InChI is InChI=1S/C11H15N3O/c12-11(15)9-3-4-10(14-7-9)8-2-1-5-13-6-8/h3-4,7-8,13H,1-2,5-6H2,(H2,12,15)/t8-/m0/s1. The molecule has 1 aliphatic rings. The number of pyridine rings is 1. The number of hydrogen-bond acceptors (Lipinski definition) is 3. The molecule has 1 amide bonds. The van der Waals surface area contributed by atoms with Gasteiger partial charge in [0.25, 0.3) is 0 Å². The lowest BCUT2D eigenvalue weighted by Crippen LogP contribution is -2.28. The van der Waals surface area contributed by atoms with E-state index in [1.54, 1.807) is 12.3 Å². The Bertz CT molecular complexity index is 341. The van der Waals surface area contributed by atoms with Crippen molar-refractivity contribution in [3.8, 4) is 0 Å². The van der Waals surface area contributed by atoms with Gasteiger partial charge >= 0.3 is 0 Å². The normalized spacial score (nSPS) is 21.2. The monoisotopic (exact) mass is 205 g/mol. The van der Waals surface area contributed by atoms with Crippen molar-refractivity contribution < 1.29 is 4.79 Å². The fraction of sp³-hybridized carbons (Fsp3) is 0.455. The summed E-state index contributed by atoms with van der Waals surface area (Å²) in [5.74, 6) is 0.0523. The molecule has 4 nitrogen and oxygen atoms in total. The van der Waals surface area contributed by atoms with Crippen LogP contribution in [-0.2, 0) is 0 Å². The lowest BCUT2D eigenvalue weighted by molar-refractivity contribution is 0.1000. The largest absolute Gasteiger partial charge is 0.366 e. The number of carbonyl (C=O) groups is 1. The molecule has 2 heterocycles. The maximum Gasteiger partial charge on any atom is 0.250 e. The number of primary amides is 1. The van der Waals surface area contributed by atoms with Crippen molar-refractivity contribution in [2.75, 3.05) is 13.1 Å². The van der Waals surface area contributed by atoms with E-state index in [0.29, 0.717) is 11.5 Å². The molecule has 3 N–H and O–H groups in total. The van der Waals surface area contributed by atoms with Crippen LogP contribution in [0.1, 0.15) is 34.8 Å². The second-order valence-corrected chi connectivity index (χ2v) is 3.88. The molecule has 1 saturated heterocycles. The van der Waals surface area contributed by atoms with E-state index in [1.165, 1.54) is 6.42 Å². The summed E-state index contributed by atoms with van der Waals surface area (Å²) in [6.07, 6.45) is 3.91. The van der Waals surface area contributed by atoms with Crippen molar-refractivity contribution in [3.05, 3.63) is 29.6 Å². The summed E-state index contributed by atoms with van der Waals surface area (Å²) < 4.78 is 0. The predicted octanol–water partition coefficient (Wildman–Crippen LogP) is 0.647. The average Bonchev–Trinajstić information content (AvgIpc) is 2.30. The van der Waals surface area contributed by atoms with E-state index in [4.69, 9.17) is 5.73 Å². The van der Waals surface area contributed by atoms with Crippen LogP contribution >= 0.6 is 0 Å². The maximum absolute atomic E-state index is 10.9. The Labute approximate surface area is 88.9 Å². The lowest BCUT2D eigenvalue weighted by Gasteiger charge is -2.22. The first-order valence-electron chi connectivity index (χ1n) is 5.24. The molecule has 0 radical (unpaired) electrons. The van der Waals surface area contributed by atoms with Gasteiger partial charge in [-0.05, 0) is 31.5 Å². The Morgan fingerprint density at radius 2 is 2.40 bits per heavy atom. The highest BCUT2D eigenvalue weighted by atomic mass is 16.1. The van der Waals surface area contributed by atoms with Gasteiger partial charge in [-0.2, -0.15) is 0 Å². The first-order valence-corrected chi connectivity index (χ1v) is 5.24. The minimum Gasteiger partial charge on any atom is -0.366 e. The van der Waals surface area contributed by atoms with Crippen LogP contribution in [0.3, 0.4) is 0 Å². The molecule has 0 aromatic carbocycles. The molecule has 1 aliphatic heterocycles. The number of hydrogen-bond donors (Lipinski definition) is 2. The van der Waals surface area contributed by atoms with Crippen LogP contribution in [0.4, 0.5) is 0 Å². The topological polar surface area (TPSA) is 68.0 Å². The molecule has 0 unspecified atom stereocenters. The van der Waals surface area contributed by atoms with E-state index in [-0.39, 0.29) is 0 Å². The van der Waals surface area contributed by atoms with Gasteiger partial charge in [-0.1, -0.05) is 0 Å². The van der Waals surface area contributed by atoms with E-state index in [0.717, 1.165) is 25.2 Å². The third-order valence-corrected chi connectivity index (χ3v) is 2.79. The van der Waals surface area contributed by atoms with E-state index in [1.807, 2.05) is 6.07 Å². The van der Waals surface area contributed by atoms with Crippen molar-refractivity contribution in [3.63, 3.8) is 0 Å². The Balaban J connectivity index is 2.11. The number of nitrogens with zero attached hydrogens (tertiary/aromatic N) is 1. The zero-order valence-electron chi connectivity index (χ0n) is 8.57. The average molecular weight is 205 g/mol. The lowest BCUT2D eigenvalue weighted by atomic mass is 9.95. The minimum atomic E-state index is -0.421. The second kappa shape index (κ2) is 4.40. The van der Waals surface area contributed by atoms with Gasteiger partial charge in [0.05, 0.1) is 5.56 Å². The number of carbonyl (C=O) groups excluding carboxylic acids is 1. The van der Waals surface area contributed by atoms with E-state index in [9.17, 15) is 4.79 Å². The molecule has 4 heteroatoms. The summed E-state index contributed by atoms with van der Waals surface area (Å²) in [5, 5.41) is 3.34. The number of amides is 1. The molecule has 1 aromatic heterocycles. The van der Waals surface area contributed by atoms with Crippen molar-refractivity contribution in [1.82, 2.24) is 10.3 Å². The third kappa shape index (κ3) is 2.33. The van der Waals surface area contributed by atoms with E-state index < -0.39 is 5.91 Å². The van der Waals surface area contributed by atoms with Crippen molar-refractivity contribution in [1.29, 1.82) is 0 Å². The molecule has 1 atom stereocenters. The minimum absolute atomic E-state index is 0.421. The van der Waals surface area contributed by atoms with Crippen LogP contribution in [0.2, 0.25) is 0 Å². The molecule has 0 aliphatic carbocycles. The SMILES string of the molecule is NC(=O)c1ccc([C@H]2CCCNC2)nc1. The van der Waals surface area contributed by atoms with Gasteiger partial charge < -0.3 is 11.1 Å². The molecule has 0 bridgehead atoms. The van der Waals surface area contributed by atoms with Crippen molar-refractivity contribution in [2.45, 2.75) is 18.8 Å². The molecule has 0 saturated carbocycles. The summed E-state index contributed by atoms with van der Waals surface area (Å²) in [6.45, 7) is 2.07. The first-order chi connectivity index (χ1) is 7.27. The Morgan fingerprint density at radius 1 is 1.53 bits per heavy atom. The van der Waals surface area contributed by atoms with Gasteiger partial charge in [-0.3, -0.25) is 9.78 Å². The molecule has 15 heavy (non-hydrogen) atoms. The fourth-order valence-electron chi connectivity index (χ4n) is 1.90. The van der Waals surface area contributed by atoms with Crippen molar-refractivity contribution in [2.24, 2.45) is 5.73 Å². The zero-order chi connectivity index (χ0) is 10.7. The highest BCUT2D eigenvalue weighted by Gasteiger charge is 2.16. The second-order valence-electron chi connectivity index (χ2n) is 3.88. The molecule has 1 aromatic rings. The summed E-state index contributed by atoms with van der Waals surface area (Å²) >= 11 is 0. The van der Waals surface area contributed by atoms with Gasteiger partial charge in [0.15, 0.2) is 0 Å². The summed E-state index contributed by atoms with van der Waals surface area (Å²) in [5.41, 5.74) is 6.67. The fourth-order valence-corrected chi connectivity index (χ4v) is 1.90. The van der Waals surface area contributed by atoms with Gasteiger partial charge in [0.2, 0.25) is 5.91 Å². The number of rotatable bonds is 2. The quantitative estimate of drug-likeness (QED) is 0.744. The molecular formula is C11H15N3O. The predicted molar refractivity (Wildman–Crippen MR) is 57.6 cm³/mol. The summed E-state index contributed by atoms with van der Waals surface area (Å²) in [7, 11) is 0. The van der Waals surface area contributed by atoms with Gasteiger partial charge in [0.1, 0.15) is 0 Å². The first kappa shape index (κ1) is 10.1. The Hall–Kier alpha value is -1.42. The Kier molecular flexibility index (Phi) is 2.97. The summed E-state index contributed by atoms with van der Waals surface area (Å²) in [4.78, 5) is 15.1. The molecule has 2 rings (SSSR count). The van der Waals surface area contributed by atoms with Crippen LogP contribution in [0.15, 0.2) is 18.3 Å². The van der Waals surface area contributed by atoms with Gasteiger partial charge in [-0.25, -0.2) is 0 Å². The smallest absolute Gasteiger partial charge is 0.250 e. The van der Waals surface area contributed by atoms with E-state index in [2.05, 4.69) is 10.3 Å². The Morgan fingerprint density at radius 3 is 2.93 bits per heavy atom. The number of nitrogens with two attached hydrogens (primary N) is 1. The van der Waals surface area contributed by atoms with Gasteiger partial charge in [-0.15, -0.1) is 0 Å². The maximum atomic E-state index is 10.9. The molecular weight excluding hydrogens is 190 g/mol. The molecule has 80 valence electrons.